The molecule has 3 aromatic carbocycles. The number of benzene rings is 3. The molecule has 0 bridgehead atoms. The van der Waals surface area contributed by atoms with Gasteiger partial charge in [0.1, 0.15) is 5.82 Å². The van der Waals surface area contributed by atoms with Crippen LogP contribution in [-0.4, -0.2) is 20.7 Å². The van der Waals surface area contributed by atoms with Crippen LogP contribution in [0.4, 0.5) is 15.8 Å². The van der Waals surface area contributed by atoms with Gasteiger partial charge in [0.05, 0.1) is 4.90 Å². The molecule has 0 saturated heterocycles. The van der Waals surface area contributed by atoms with Gasteiger partial charge >= 0.3 is 0 Å². The SMILES string of the molecule is Cc1cc(C)c(S(=O)(=O)N[C@@H](C)CCc2cccc(Nc3ccc(F)cc3)c2C=N)c(C)c1. The third kappa shape index (κ3) is 6.06. The summed E-state index contributed by atoms with van der Waals surface area (Å²) >= 11 is 0. The fraction of sp³-hybridized carbons (Fsp3) is 0.269. The van der Waals surface area contributed by atoms with Crippen molar-refractivity contribution in [3.05, 3.63) is 88.2 Å². The maximum atomic E-state index is 13.2. The first-order valence-corrected chi connectivity index (χ1v) is 12.3. The predicted octanol–water partition coefficient (Wildman–Crippen LogP) is 5.79. The summed E-state index contributed by atoms with van der Waals surface area (Å²) in [6.07, 6.45) is 2.46. The van der Waals surface area contributed by atoms with Crippen LogP contribution in [0.5, 0.6) is 0 Å². The van der Waals surface area contributed by atoms with Crippen molar-refractivity contribution in [1.29, 1.82) is 5.41 Å². The molecule has 0 saturated carbocycles. The lowest BCUT2D eigenvalue weighted by molar-refractivity contribution is 0.546. The molecule has 0 aliphatic heterocycles. The molecule has 0 fully saturated rings. The molecule has 5 nitrogen and oxygen atoms in total. The topological polar surface area (TPSA) is 82.1 Å². The number of anilines is 2. The maximum Gasteiger partial charge on any atom is 0.241 e. The van der Waals surface area contributed by atoms with Gasteiger partial charge < -0.3 is 10.7 Å². The van der Waals surface area contributed by atoms with Crippen molar-refractivity contribution in [2.75, 3.05) is 5.32 Å². The number of rotatable bonds is 9. The van der Waals surface area contributed by atoms with E-state index in [0.717, 1.165) is 39.2 Å². The zero-order valence-corrected chi connectivity index (χ0v) is 20.2. The van der Waals surface area contributed by atoms with Crippen molar-refractivity contribution < 1.29 is 12.8 Å². The van der Waals surface area contributed by atoms with Crippen LogP contribution in [-0.2, 0) is 16.4 Å². The van der Waals surface area contributed by atoms with Crippen LogP contribution >= 0.6 is 0 Å². The van der Waals surface area contributed by atoms with E-state index in [0.29, 0.717) is 17.7 Å². The second kappa shape index (κ2) is 10.3. The van der Waals surface area contributed by atoms with Crippen LogP contribution < -0.4 is 10.0 Å². The molecule has 0 aliphatic rings. The number of hydrogen-bond donors (Lipinski definition) is 3. The second-order valence-corrected chi connectivity index (χ2v) is 10.1. The highest BCUT2D eigenvalue weighted by Crippen LogP contribution is 2.25. The fourth-order valence-electron chi connectivity index (χ4n) is 4.14. The van der Waals surface area contributed by atoms with Crippen molar-refractivity contribution in [3.63, 3.8) is 0 Å². The van der Waals surface area contributed by atoms with Crippen molar-refractivity contribution in [2.24, 2.45) is 0 Å². The zero-order chi connectivity index (χ0) is 24.2. The smallest absolute Gasteiger partial charge is 0.241 e. The Hall–Kier alpha value is -3.03. The Labute approximate surface area is 195 Å². The predicted molar refractivity (Wildman–Crippen MR) is 133 cm³/mol. The Morgan fingerprint density at radius 2 is 1.67 bits per heavy atom. The summed E-state index contributed by atoms with van der Waals surface area (Å²) in [7, 11) is -3.65. The summed E-state index contributed by atoms with van der Waals surface area (Å²) in [5, 5.41) is 11.1. The monoisotopic (exact) mass is 467 g/mol. The summed E-state index contributed by atoms with van der Waals surface area (Å²) in [6, 6.07) is 15.2. The average Bonchev–Trinajstić information content (AvgIpc) is 2.72. The summed E-state index contributed by atoms with van der Waals surface area (Å²) in [5.41, 5.74) is 5.63. The lowest BCUT2D eigenvalue weighted by atomic mass is 9.99. The van der Waals surface area contributed by atoms with Crippen molar-refractivity contribution in [2.45, 2.75) is 51.5 Å². The van der Waals surface area contributed by atoms with Gasteiger partial charge in [-0.15, -0.1) is 0 Å². The normalized spacial score (nSPS) is 12.4. The molecule has 0 spiro atoms. The molecule has 3 aromatic rings. The van der Waals surface area contributed by atoms with Gasteiger partial charge in [-0.05, 0) is 87.6 Å². The Balaban J connectivity index is 1.73. The quantitative estimate of drug-likeness (QED) is 0.348. The first kappa shape index (κ1) is 24.6. The molecule has 0 unspecified atom stereocenters. The van der Waals surface area contributed by atoms with Crippen molar-refractivity contribution in [1.82, 2.24) is 4.72 Å². The number of nitrogens with one attached hydrogen (secondary N) is 3. The highest BCUT2D eigenvalue weighted by atomic mass is 32.2. The van der Waals surface area contributed by atoms with Crippen LogP contribution in [0.3, 0.4) is 0 Å². The fourth-order valence-corrected chi connectivity index (χ4v) is 5.88. The van der Waals surface area contributed by atoms with Gasteiger partial charge in [0.15, 0.2) is 0 Å². The molecule has 0 heterocycles. The number of halogens is 1. The molecule has 1 atom stereocenters. The summed E-state index contributed by atoms with van der Waals surface area (Å²) in [6.45, 7) is 7.43. The second-order valence-electron chi connectivity index (χ2n) is 8.44. The van der Waals surface area contributed by atoms with Crippen LogP contribution in [0.25, 0.3) is 0 Å². The zero-order valence-electron chi connectivity index (χ0n) is 19.4. The van der Waals surface area contributed by atoms with Gasteiger partial charge in [0, 0.05) is 29.2 Å². The summed E-state index contributed by atoms with van der Waals surface area (Å²) in [4.78, 5) is 0.339. The molecule has 0 aromatic heterocycles. The van der Waals surface area contributed by atoms with Gasteiger partial charge in [0.2, 0.25) is 10.0 Å². The largest absolute Gasteiger partial charge is 0.355 e. The van der Waals surface area contributed by atoms with E-state index in [1.165, 1.54) is 18.3 Å². The minimum absolute atomic E-state index is 0.289. The van der Waals surface area contributed by atoms with E-state index in [2.05, 4.69) is 10.0 Å². The Kier molecular flexibility index (Phi) is 7.66. The van der Waals surface area contributed by atoms with E-state index in [1.54, 1.807) is 12.1 Å². The van der Waals surface area contributed by atoms with E-state index in [4.69, 9.17) is 5.41 Å². The molecular weight excluding hydrogens is 437 g/mol. The molecule has 174 valence electrons. The van der Waals surface area contributed by atoms with Crippen LogP contribution in [0, 0.1) is 32.0 Å². The molecule has 0 radical (unpaired) electrons. The highest BCUT2D eigenvalue weighted by molar-refractivity contribution is 7.89. The maximum absolute atomic E-state index is 13.2. The van der Waals surface area contributed by atoms with E-state index in [1.807, 2.05) is 58.0 Å². The summed E-state index contributed by atoms with van der Waals surface area (Å²) < 4.78 is 42.0. The molecular formula is C26H30FN3O2S. The first-order valence-electron chi connectivity index (χ1n) is 10.9. The lowest BCUT2D eigenvalue weighted by Crippen LogP contribution is -2.33. The Morgan fingerprint density at radius 1 is 1.03 bits per heavy atom. The molecule has 33 heavy (non-hydrogen) atoms. The Bertz CT molecular complexity index is 1230. The summed E-state index contributed by atoms with van der Waals surface area (Å²) in [5.74, 6) is -0.311. The Morgan fingerprint density at radius 3 is 2.27 bits per heavy atom. The van der Waals surface area contributed by atoms with Gasteiger partial charge in [-0.1, -0.05) is 29.8 Å². The van der Waals surface area contributed by atoms with Crippen molar-refractivity contribution in [3.8, 4) is 0 Å². The van der Waals surface area contributed by atoms with Crippen molar-refractivity contribution >= 4 is 27.6 Å². The minimum atomic E-state index is -3.65. The van der Waals surface area contributed by atoms with Gasteiger partial charge in [0.25, 0.3) is 0 Å². The molecule has 0 amide bonds. The van der Waals surface area contributed by atoms with Crippen LogP contribution in [0.2, 0.25) is 0 Å². The van der Waals surface area contributed by atoms with E-state index in [-0.39, 0.29) is 11.9 Å². The average molecular weight is 468 g/mol. The van der Waals surface area contributed by atoms with Crippen LogP contribution in [0.15, 0.2) is 59.5 Å². The molecule has 7 heteroatoms. The molecule has 3 rings (SSSR count). The van der Waals surface area contributed by atoms with Gasteiger partial charge in [-0.25, -0.2) is 17.5 Å². The number of aryl methyl sites for hydroxylation is 4. The third-order valence-electron chi connectivity index (χ3n) is 5.54. The van der Waals surface area contributed by atoms with Gasteiger partial charge in [-0.2, -0.15) is 0 Å². The minimum Gasteiger partial charge on any atom is -0.355 e. The van der Waals surface area contributed by atoms with E-state index in [9.17, 15) is 12.8 Å². The standard InChI is InChI=1S/C26H30FN3O2S/c1-17-14-18(2)26(19(3)15-17)33(31,32)30-20(4)8-9-21-6-5-7-25(24(21)16-28)29-23-12-10-22(27)11-13-23/h5-7,10-16,20,28-30H,8-9H2,1-4H3/t20-/m0/s1. The number of hydrogen-bond acceptors (Lipinski definition) is 4. The lowest BCUT2D eigenvalue weighted by Gasteiger charge is -2.18. The van der Waals surface area contributed by atoms with E-state index >= 15 is 0 Å². The highest BCUT2D eigenvalue weighted by Gasteiger charge is 2.22. The first-order chi connectivity index (χ1) is 15.6. The van der Waals surface area contributed by atoms with Gasteiger partial charge in [-0.3, -0.25) is 0 Å². The van der Waals surface area contributed by atoms with Crippen LogP contribution in [0.1, 0.15) is 41.2 Å². The molecule has 0 aliphatic carbocycles. The third-order valence-corrected chi connectivity index (χ3v) is 7.43. The van der Waals surface area contributed by atoms with E-state index < -0.39 is 10.0 Å². The molecule has 3 N–H and O–H groups in total. The number of sulfonamides is 1.